The molecule has 1 aromatic rings. The van der Waals surface area contributed by atoms with Crippen molar-refractivity contribution in [2.45, 2.75) is 33.1 Å². The highest BCUT2D eigenvalue weighted by Gasteiger charge is 2.23. The van der Waals surface area contributed by atoms with E-state index in [0.717, 1.165) is 11.3 Å². The van der Waals surface area contributed by atoms with Gasteiger partial charge >= 0.3 is 5.97 Å². The largest absolute Gasteiger partial charge is 0.497 e. The monoisotopic (exact) mass is 307 g/mol. The third-order valence-electron chi connectivity index (χ3n) is 3.48. The second-order valence-electron chi connectivity index (χ2n) is 5.82. The van der Waals surface area contributed by atoms with E-state index in [1.54, 1.807) is 12.0 Å². The third kappa shape index (κ3) is 5.39. The van der Waals surface area contributed by atoms with Crippen LogP contribution in [-0.4, -0.2) is 42.1 Å². The summed E-state index contributed by atoms with van der Waals surface area (Å²) in [7, 11) is 1.60. The van der Waals surface area contributed by atoms with Crippen molar-refractivity contribution < 1.29 is 19.4 Å². The molecule has 22 heavy (non-hydrogen) atoms. The van der Waals surface area contributed by atoms with E-state index in [9.17, 15) is 9.59 Å². The molecule has 1 unspecified atom stereocenters. The van der Waals surface area contributed by atoms with E-state index in [1.165, 1.54) is 0 Å². The van der Waals surface area contributed by atoms with Gasteiger partial charge in [-0.3, -0.25) is 9.59 Å². The van der Waals surface area contributed by atoms with Crippen LogP contribution in [0.15, 0.2) is 24.3 Å². The van der Waals surface area contributed by atoms with Crippen molar-refractivity contribution in [3.05, 3.63) is 29.8 Å². The van der Waals surface area contributed by atoms with Crippen molar-refractivity contribution in [1.29, 1.82) is 0 Å². The van der Waals surface area contributed by atoms with Gasteiger partial charge in [-0.25, -0.2) is 0 Å². The van der Waals surface area contributed by atoms with Crippen LogP contribution in [0.3, 0.4) is 0 Å². The van der Waals surface area contributed by atoms with Crippen LogP contribution in [0.4, 0.5) is 0 Å². The number of benzene rings is 1. The summed E-state index contributed by atoms with van der Waals surface area (Å²) in [6.45, 7) is 6.68. The molecule has 0 aliphatic heterocycles. The fraction of sp³-hybridized carbons (Fsp3) is 0.529. The van der Waals surface area contributed by atoms with Gasteiger partial charge in [0.2, 0.25) is 5.91 Å². The van der Waals surface area contributed by atoms with Gasteiger partial charge in [0.1, 0.15) is 5.75 Å². The Hall–Kier alpha value is -2.04. The lowest BCUT2D eigenvalue weighted by Crippen LogP contribution is -2.38. The lowest BCUT2D eigenvalue weighted by Gasteiger charge is -2.27. The maximum atomic E-state index is 12.6. The molecule has 0 saturated heterocycles. The van der Waals surface area contributed by atoms with Crippen LogP contribution < -0.4 is 4.74 Å². The molecule has 0 heterocycles. The van der Waals surface area contributed by atoms with E-state index in [1.807, 2.05) is 45.0 Å². The first-order valence-electron chi connectivity index (χ1n) is 7.49. The minimum absolute atomic E-state index is 0.0339. The highest BCUT2D eigenvalue weighted by molar-refractivity contribution is 5.83. The van der Waals surface area contributed by atoms with Crippen LogP contribution in [0.25, 0.3) is 0 Å². The van der Waals surface area contributed by atoms with Crippen LogP contribution in [-0.2, 0) is 9.59 Å². The maximum Gasteiger partial charge on any atom is 0.305 e. The number of rotatable bonds is 8. The molecule has 5 heteroatoms. The number of nitrogens with zero attached hydrogens (tertiary/aromatic N) is 1. The molecule has 1 N–H and O–H groups in total. The summed E-state index contributed by atoms with van der Waals surface area (Å²) in [5, 5.41) is 8.84. The fourth-order valence-electron chi connectivity index (χ4n) is 2.27. The summed E-state index contributed by atoms with van der Waals surface area (Å²) in [6, 6.07) is 7.38. The van der Waals surface area contributed by atoms with Crippen LogP contribution in [0, 0.1) is 5.92 Å². The number of carboxylic acids is 1. The quantitative estimate of drug-likeness (QED) is 0.802. The molecule has 0 spiro atoms. The number of aliphatic carboxylic acids is 1. The molecular formula is C17H25NO4. The van der Waals surface area contributed by atoms with Crippen molar-refractivity contribution in [1.82, 2.24) is 4.90 Å². The second kappa shape index (κ2) is 8.41. The Morgan fingerprint density at radius 2 is 1.77 bits per heavy atom. The molecule has 5 nitrogen and oxygen atoms in total. The predicted molar refractivity (Wildman–Crippen MR) is 85.1 cm³/mol. The summed E-state index contributed by atoms with van der Waals surface area (Å²) in [5.74, 6) is -0.202. The smallest absolute Gasteiger partial charge is 0.305 e. The van der Waals surface area contributed by atoms with Crippen LogP contribution in [0.1, 0.15) is 38.7 Å². The first kappa shape index (κ1) is 18.0. The minimum Gasteiger partial charge on any atom is -0.497 e. The van der Waals surface area contributed by atoms with E-state index in [-0.39, 0.29) is 24.8 Å². The number of carboxylic acid groups (broad SMARTS) is 1. The lowest BCUT2D eigenvalue weighted by molar-refractivity contribution is -0.139. The van der Waals surface area contributed by atoms with Gasteiger partial charge in [-0.05, 0) is 30.5 Å². The average molecular weight is 307 g/mol. The molecule has 0 radical (unpaired) electrons. The SMILES string of the molecule is COc1ccc(C(C)C(=O)N(CCC(=O)O)CC(C)C)cc1. The number of carbonyl (C=O) groups excluding carboxylic acids is 1. The normalized spacial score (nSPS) is 12.0. The van der Waals surface area contributed by atoms with Gasteiger partial charge in [0.05, 0.1) is 19.4 Å². The van der Waals surface area contributed by atoms with Gasteiger partial charge in [0.15, 0.2) is 0 Å². The van der Waals surface area contributed by atoms with E-state index >= 15 is 0 Å². The summed E-state index contributed by atoms with van der Waals surface area (Å²) in [4.78, 5) is 25.1. The minimum atomic E-state index is -0.890. The van der Waals surface area contributed by atoms with Crippen LogP contribution >= 0.6 is 0 Å². The van der Waals surface area contributed by atoms with Gasteiger partial charge < -0.3 is 14.7 Å². The molecule has 1 amide bonds. The Kier molecular flexibility index (Phi) is 6.89. The number of carbonyl (C=O) groups is 2. The highest BCUT2D eigenvalue weighted by atomic mass is 16.5. The Morgan fingerprint density at radius 3 is 2.23 bits per heavy atom. The van der Waals surface area contributed by atoms with Crippen molar-refractivity contribution in [2.24, 2.45) is 5.92 Å². The number of ether oxygens (including phenoxy) is 1. The number of hydrogen-bond donors (Lipinski definition) is 1. The number of hydrogen-bond acceptors (Lipinski definition) is 3. The number of amides is 1. The number of methoxy groups -OCH3 is 1. The Bertz CT molecular complexity index is 496. The van der Waals surface area contributed by atoms with Gasteiger partial charge in [-0.15, -0.1) is 0 Å². The van der Waals surface area contributed by atoms with Gasteiger partial charge in [-0.1, -0.05) is 26.0 Å². The van der Waals surface area contributed by atoms with Crippen molar-refractivity contribution >= 4 is 11.9 Å². The van der Waals surface area contributed by atoms with Crippen molar-refractivity contribution in [2.75, 3.05) is 20.2 Å². The highest BCUT2D eigenvalue weighted by Crippen LogP contribution is 2.21. The first-order valence-corrected chi connectivity index (χ1v) is 7.49. The Balaban J connectivity index is 2.82. The average Bonchev–Trinajstić information content (AvgIpc) is 2.49. The Morgan fingerprint density at radius 1 is 1.18 bits per heavy atom. The molecule has 0 aliphatic carbocycles. The fourth-order valence-corrected chi connectivity index (χ4v) is 2.27. The summed E-state index contributed by atoms with van der Waals surface area (Å²) < 4.78 is 5.11. The maximum absolute atomic E-state index is 12.6. The summed E-state index contributed by atoms with van der Waals surface area (Å²) >= 11 is 0. The zero-order valence-corrected chi connectivity index (χ0v) is 13.7. The molecular weight excluding hydrogens is 282 g/mol. The molecule has 0 aliphatic rings. The first-order chi connectivity index (χ1) is 10.3. The zero-order chi connectivity index (χ0) is 16.7. The molecule has 1 atom stereocenters. The molecule has 0 aromatic heterocycles. The summed E-state index contributed by atoms with van der Waals surface area (Å²) in [6.07, 6.45) is -0.0339. The second-order valence-corrected chi connectivity index (χ2v) is 5.82. The molecule has 0 fully saturated rings. The van der Waals surface area contributed by atoms with Crippen LogP contribution in [0.2, 0.25) is 0 Å². The van der Waals surface area contributed by atoms with E-state index < -0.39 is 5.97 Å². The van der Waals surface area contributed by atoms with Gasteiger partial charge in [0, 0.05) is 13.1 Å². The molecule has 122 valence electrons. The third-order valence-corrected chi connectivity index (χ3v) is 3.48. The van der Waals surface area contributed by atoms with Crippen molar-refractivity contribution in [3.63, 3.8) is 0 Å². The van der Waals surface area contributed by atoms with Crippen LogP contribution in [0.5, 0.6) is 5.75 Å². The topological polar surface area (TPSA) is 66.8 Å². The molecule has 1 aromatic carbocycles. The van der Waals surface area contributed by atoms with Gasteiger partial charge in [-0.2, -0.15) is 0 Å². The molecule has 0 bridgehead atoms. The van der Waals surface area contributed by atoms with E-state index in [0.29, 0.717) is 12.5 Å². The Labute approximate surface area is 131 Å². The van der Waals surface area contributed by atoms with Crippen molar-refractivity contribution in [3.8, 4) is 5.75 Å². The zero-order valence-electron chi connectivity index (χ0n) is 13.7. The summed E-state index contributed by atoms with van der Waals surface area (Å²) in [5.41, 5.74) is 0.898. The predicted octanol–water partition coefficient (Wildman–Crippen LogP) is 2.76. The van der Waals surface area contributed by atoms with Gasteiger partial charge in [0.25, 0.3) is 0 Å². The van der Waals surface area contributed by atoms with E-state index in [4.69, 9.17) is 9.84 Å². The molecule has 1 rings (SSSR count). The standard InChI is InChI=1S/C17H25NO4/c1-12(2)11-18(10-9-16(19)20)17(21)13(3)14-5-7-15(22-4)8-6-14/h5-8,12-13H,9-11H2,1-4H3,(H,19,20). The van der Waals surface area contributed by atoms with E-state index in [2.05, 4.69) is 0 Å². The molecule has 0 saturated carbocycles. The lowest BCUT2D eigenvalue weighted by atomic mass is 9.99.